The van der Waals surface area contributed by atoms with Gasteiger partial charge in [0.05, 0.1) is 12.3 Å². The molecule has 0 fully saturated rings. The Morgan fingerprint density at radius 2 is 2.17 bits per heavy atom. The summed E-state index contributed by atoms with van der Waals surface area (Å²) in [5.41, 5.74) is 5.79. The minimum absolute atomic E-state index is 0.0116. The van der Waals surface area contributed by atoms with E-state index in [2.05, 4.69) is 11.8 Å². The van der Waals surface area contributed by atoms with E-state index in [-0.39, 0.29) is 24.7 Å². The van der Waals surface area contributed by atoms with Crippen LogP contribution in [0.1, 0.15) is 5.56 Å². The van der Waals surface area contributed by atoms with Gasteiger partial charge in [0.1, 0.15) is 6.61 Å². The fourth-order valence-electron chi connectivity index (χ4n) is 1.15. The zero-order valence-electron chi connectivity index (χ0n) is 9.94. The van der Waals surface area contributed by atoms with Gasteiger partial charge < -0.3 is 10.5 Å². The van der Waals surface area contributed by atoms with Crippen molar-refractivity contribution in [1.29, 1.82) is 0 Å². The molecule has 98 valence electrons. The highest BCUT2D eigenvalue weighted by Gasteiger charge is 2.06. The molecule has 2 N–H and O–H groups in total. The van der Waals surface area contributed by atoms with Crippen LogP contribution in [0.2, 0.25) is 0 Å². The Bertz CT molecular complexity index is 573. The zero-order chi connectivity index (χ0) is 13.6. The SMILES string of the molecule is CS(=O)(=O)CCOc1cc(C#CCN)ccc1F. The topological polar surface area (TPSA) is 69.4 Å². The van der Waals surface area contributed by atoms with Crippen molar-refractivity contribution in [3.8, 4) is 17.6 Å². The van der Waals surface area contributed by atoms with Gasteiger partial charge in [0.15, 0.2) is 21.4 Å². The number of hydrogen-bond donors (Lipinski definition) is 1. The Morgan fingerprint density at radius 3 is 2.78 bits per heavy atom. The normalized spacial score (nSPS) is 10.6. The van der Waals surface area contributed by atoms with E-state index >= 15 is 0 Å². The number of hydrogen-bond acceptors (Lipinski definition) is 4. The van der Waals surface area contributed by atoms with Crippen molar-refractivity contribution in [3.63, 3.8) is 0 Å². The van der Waals surface area contributed by atoms with Crippen molar-refractivity contribution in [1.82, 2.24) is 0 Å². The van der Waals surface area contributed by atoms with Gasteiger partial charge in [-0.25, -0.2) is 12.8 Å². The third kappa shape index (κ3) is 5.17. The van der Waals surface area contributed by atoms with Gasteiger partial charge in [0.2, 0.25) is 0 Å². The van der Waals surface area contributed by atoms with Crippen LogP contribution in [0.15, 0.2) is 18.2 Å². The van der Waals surface area contributed by atoms with Crippen molar-refractivity contribution < 1.29 is 17.5 Å². The monoisotopic (exact) mass is 271 g/mol. The Balaban J connectivity index is 2.75. The first-order chi connectivity index (χ1) is 8.42. The molecule has 0 saturated heterocycles. The Hall–Kier alpha value is -1.58. The van der Waals surface area contributed by atoms with Crippen LogP contribution in [-0.2, 0) is 9.84 Å². The van der Waals surface area contributed by atoms with E-state index in [4.69, 9.17) is 10.5 Å². The molecule has 18 heavy (non-hydrogen) atoms. The first-order valence-corrected chi connectivity index (χ1v) is 7.27. The first kappa shape index (κ1) is 14.5. The number of benzene rings is 1. The van der Waals surface area contributed by atoms with Gasteiger partial charge >= 0.3 is 0 Å². The molecule has 1 aromatic rings. The van der Waals surface area contributed by atoms with E-state index in [1.165, 1.54) is 18.2 Å². The van der Waals surface area contributed by atoms with Crippen molar-refractivity contribution >= 4 is 9.84 Å². The molecule has 0 aromatic heterocycles. The predicted octanol–water partition coefficient (Wildman–Crippen LogP) is 0.559. The van der Waals surface area contributed by atoms with Crippen LogP contribution >= 0.6 is 0 Å². The largest absolute Gasteiger partial charge is 0.489 e. The fourth-order valence-corrected chi connectivity index (χ4v) is 1.53. The summed E-state index contributed by atoms with van der Waals surface area (Å²) in [6.07, 6.45) is 1.09. The molecular weight excluding hydrogens is 257 g/mol. The molecule has 0 aliphatic rings. The molecule has 1 aromatic carbocycles. The highest BCUT2D eigenvalue weighted by Crippen LogP contribution is 2.18. The van der Waals surface area contributed by atoms with Gasteiger partial charge in [0, 0.05) is 11.8 Å². The first-order valence-electron chi connectivity index (χ1n) is 5.21. The van der Waals surface area contributed by atoms with Crippen molar-refractivity contribution in [3.05, 3.63) is 29.6 Å². The van der Waals surface area contributed by atoms with E-state index in [9.17, 15) is 12.8 Å². The summed E-state index contributed by atoms with van der Waals surface area (Å²) in [6.45, 7) is 0.116. The average molecular weight is 271 g/mol. The molecule has 0 spiro atoms. The molecule has 6 heteroatoms. The second-order valence-electron chi connectivity index (χ2n) is 3.63. The lowest BCUT2D eigenvalue weighted by Crippen LogP contribution is -2.12. The molecule has 0 aliphatic heterocycles. The smallest absolute Gasteiger partial charge is 0.165 e. The molecule has 0 amide bonds. The quantitative estimate of drug-likeness (QED) is 0.812. The summed E-state index contributed by atoms with van der Waals surface area (Å²) in [7, 11) is -3.12. The Kier molecular flexibility index (Phi) is 5.13. The molecule has 0 atom stereocenters. The van der Waals surface area contributed by atoms with Crippen LogP contribution in [0.5, 0.6) is 5.75 Å². The van der Waals surface area contributed by atoms with Gasteiger partial charge in [-0.15, -0.1) is 0 Å². The zero-order valence-corrected chi connectivity index (χ0v) is 10.8. The molecule has 4 nitrogen and oxygen atoms in total. The van der Waals surface area contributed by atoms with E-state index in [0.717, 1.165) is 6.26 Å². The van der Waals surface area contributed by atoms with Crippen LogP contribution in [0, 0.1) is 17.7 Å². The third-order valence-corrected chi connectivity index (χ3v) is 2.89. The van der Waals surface area contributed by atoms with Gasteiger partial charge in [-0.3, -0.25) is 0 Å². The van der Waals surface area contributed by atoms with Gasteiger partial charge in [0.25, 0.3) is 0 Å². The molecule has 1 rings (SSSR count). The van der Waals surface area contributed by atoms with Gasteiger partial charge in [-0.05, 0) is 18.2 Å². The maximum atomic E-state index is 13.4. The standard InChI is InChI=1S/C12H14FNO3S/c1-18(15,16)8-7-17-12-9-10(3-2-6-14)4-5-11(12)13/h4-5,9H,6-8,14H2,1H3. The van der Waals surface area contributed by atoms with Crippen LogP contribution in [-0.4, -0.2) is 33.6 Å². The summed E-state index contributed by atoms with van der Waals surface area (Å²) >= 11 is 0. The predicted molar refractivity (Wildman–Crippen MR) is 67.5 cm³/mol. The number of rotatable bonds is 4. The fraction of sp³-hybridized carbons (Fsp3) is 0.333. The molecular formula is C12H14FNO3S. The molecule has 0 bridgehead atoms. The van der Waals surface area contributed by atoms with E-state index in [1.54, 1.807) is 0 Å². The van der Waals surface area contributed by atoms with E-state index in [0.29, 0.717) is 5.56 Å². The number of halogens is 1. The number of sulfone groups is 1. The Labute approximate surface area is 106 Å². The lowest BCUT2D eigenvalue weighted by molar-refractivity contribution is 0.322. The van der Waals surface area contributed by atoms with Crippen LogP contribution < -0.4 is 10.5 Å². The van der Waals surface area contributed by atoms with E-state index in [1.807, 2.05) is 0 Å². The molecule has 0 aliphatic carbocycles. The number of ether oxygens (including phenoxy) is 1. The molecule has 0 unspecified atom stereocenters. The summed E-state index contributed by atoms with van der Waals surface area (Å²) in [4.78, 5) is 0. The van der Waals surface area contributed by atoms with Crippen LogP contribution in [0.25, 0.3) is 0 Å². The highest BCUT2D eigenvalue weighted by atomic mass is 32.2. The Morgan fingerprint density at radius 1 is 1.44 bits per heavy atom. The molecule has 0 radical (unpaired) electrons. The lowest BCUT2D eigenvalue weighted by atomic mass is 10.2. The lowest BCUT2D eigenvalue weighted by Gasteiger charge is -2.06. The van der Waals surface area contributed by atoms with Crippen LogP contribution in [0.4, 0.5) is 4.39 Å². The van der Waals surface area contributed by atoms with Gasteiger partial charge in [-0.2, -0.15) is 0 Å². The average Bonchev–Trinajstić information content (AvgIpc) is 2.28. The third-order valence-electron chi connectivity index (χ3n) is 1.98. The van der Waals surface area contributed by atoms with Crippen LogP contribution in [0.3, 0.4) is 0 Å². The summed E-state index contributed by atoms with van der Waals surface area (Å²) in [5.74, 6) is 4.65. The van der Waals surface area contributed by atoms with Gasteiger partial charge in [-0.1, -0.05) is 11.8 Å². The van der Waals surface area contributed by atoms with Crippen molar-refractivity contribution in [2.75, 3.05) is 25.2 Å². The number of nitrogens with two attached hydrogens (primary N) is 1. The molecule has 0 saturated carbocycles. The minimum atomic E-state index is -3.12. The second kappa shape index (κ2) is 6.38. The summed E-state index contributed by atoms with van der Waals surface area (Å²) in [6, 6.07) is 4.14. The summed E-state index contributed by atoms with van der Waals surface area (Å²) in [5, 5.41) is 0. The summed E-state index contributed by atoms with van der Waals surface area (Å²) < 4.78 is 40.3. The van der Waals surface area contributed by atoms with Crippen molar-refractivity contribution in [2.45, 2.75) is 0 Å². The maximum Gasteiger partial charge on any atom is 0.165 e. The molecule has 0 heterocycles. The highest BCUT2D eigenvalue weighted by molar-refractivity contribution is 7.90. The minimum Gasteiger partial charge on any atom is -0.489 e. The second-order valence-corrected chi connectivity index (χ2v) is 5.89. The maximum absolute atomic E-state index is 13.4. The van der Waals surface area contributed by atoms with Crippen molar-refractivity contribution in [2.24, 2.45) is 5.73 Å². The van der Waals surface area contributed by atoms with E-state index < -0.39 is 15.7 Å².